The number of rotatable bonds is 8. The standard InChI is InChI=1S/C25H24BrClF3N4O3.BrH/c1-34(2,13-21(35)36-3)8-9-37-33-24(25(28,29)30)22-17-6-4-15(26)12-19(17)32-23(22)20-11-14-10-16(27)5-7-18(14)31-20;/h4-7,10-12,31-32H,8-9,13H2,1-3H3;1H/q+1;/p-1/b33-24+;. The Kier molecular flexibility index (Phi) is 9.23. The number of fused-ring (bicyclic) bond motifs is 2. The molecule has 38 heavy (non-hydrogen) atoms. The minimum atomic E-state index is -4.82. The average molecular weight is 681 g/mol. The first kappa shape index (κ1) is 30.0. The van der Waals surface area contributed by atoms with Crippen molar-refractivity contribution in [1.82, 2.24) is 9.97 Å². The SMILES string of the molecule is COC(=O)C[N+](C)(C)CCO/N=C(\c1c(-c2cc3cc(Cl)ccc3[nH]2)[nH]c2cc(Br)ccc12)C(F)(F)F.[Br-]. The normalized spacial score (nSPS) is 12.6. The highest BCUT2D eigenvalue weighted by Crippen LogP contribution is 2.37. The van der Waals surface area contributed by atoms with E-state index in [2.05, 4.69) is 35.8 Å². The van der Waals surface area contributed by atoms with E-state index in [0.717, 1.165) is 10.9 Å². The number of carbonyl (C=O) groups excluding carboxylic acids is 1. The number of aromatic nitrogens is 2. The van der Waals surface area contributed by atoms with Crippen molar-refractivity contribution in [3.05, 3.63) is 57.5 Å². The van der Waals surface area contributed by atoms with Crippen LogP contribution in [-0.2, 0) is 14.4 Å². The van der Waals surface area contributed by atoms with E-state index in [9.17, 15) is 18.0 Å². The molecule has 13 heteroatoms. The minimum absolute atomic E-state index is 0. The lowest BCUT2D eigenvalue weighted by atomic mass is 10.0. The van der Waals surface area contributed by atoms with Gasteiger partial charge < -0.3 is 41.0 Å². The van der Waals surface area contributed by atoms with Crippen LogP contribution in [0.3, 0.4) is 0 Å². The van der Waals surface area contributed by atoms with Crippen LogP contribution in [0.4, 0.5) is 13.2 Å². The fraction of sp³-hybridized carbons (Fsp3) is 0.280. The number of carbonyl (C=O) groups is 1. The third kappa shape index (κ3) is 6.71. The van der Waals surface area contributed by atoms with E-state index in [1.165, 1.54) is 7.11 Å². The van der Waals surface area contributed by atoms with Gasteiger partial charge in [-0.05, 0) is 36.4 Å². The number of oxime groups is 1. The fourth-order valence-electron chi connectivity index (χ4n) is 3.99. The molecule has 4 aromatic rings. The average Bonchev–Trinajstić information content (AvgIpc) is 3.38. The van der Waals surface area contributed by atoms with Gasteiger partial charge in [0, 0.05) is 36.9 Å². The monoisotopic (exact) mass is 678 g/mol. The number of ether oxygens (including phenoxy) is 1. The first-order valence-corrected chi connectivity index (χ1v) is 12.3. The number of benzene rings is 2. The van der Waals surface area contributed by atoms with Crippen molar-refractivity contribution in [2.75, 3.05) is 40.9 Å². The number of halogens is 6. The van der Waals surface area contributed by atoms with Gasteiger partial charge in [-0.2, -0.15) is 13.2 Å². The molecular weight excluding hydrogens is 657 g/mol. The Morgan fingerprint density at radius 1 is 1.11 bits per heavy atom. The second-order valence-electron chi connectivity index (χ2n) is 9.14. The highest BCUT2D eigenvalue weighted by Gasteiger charge is 2.41. The van der Waals surface area contributed by atoms with E-state index in [1.807, 2.05) is 0 Å². The van der Waals surface area contributed by atoms with E-state index < -0.39 is 17.9 Å². The number of esters is 1. The highest BCUT2D eigenvalue weighted by molar-refractivity contribution is 9.10. The van der Waals surface area contributed by atoms with Crippen molar-refractivity contribution in [2.45, 2.75) is 6.18 Å². The molecule has 0 aliphatic rings. The number of aromatic amines is 2. The zero-order valence-corrected chi connectivity index (χ0v) is 24.5. The van der Waals surface area contributed by atoms with Crippen molar-refractivity contribution < 1.29 is 49.0 Å². The molecule has 0 saturated heterocycles. The van der Waals surface area contributed by atoms with Gasteiger partial charge in [-0.1, -0.05) is 38.8 Å². The van der Waals surface area contributed by atoms with Gasteiger partial charge >= 0.3 is 12.1 Å². The summed E-state index contributed by atoms with van der Waals surface area (Å²) < 4.78 is 48.7. The molecule has 4 rings (SSSR count). The molecule has 0 bridgehead atoms. The molecule has 2 aromatic heterocycles. The third-order valence-electron chi connectivity index (χ3n) is 5.85. The van der Waals surface area contributed by atoms with E-state index in [-0.39, 0.29) is 52.4 Å². The zero-order chi connectivity index (χ0) is 27.0. The molecule has 0 spiro atoms. The van der Waals surface area contributed by atoms with Gasteiger partial charge in [0.2, 0.25) is 0 Å². The third-order valence-corrected chi connectivity index (χ3v) is 6.57. The minimum Gasteiger partial charge on any atom is -1.00 e. The van der Waals surface area contributed by atoms with Gasteiger partial charge in [0.1, 0.15) is 6.54 Å². The number of quaternary nitrogens is 1. The summed E-state index contributed by atoms with van der Waals surface area (Å²) in [5, 5.41) is 5.16. The number of hydrogen-bond donors (Lipinski definition) is 2. The van der Waals surface area contributed by atoms with Crippen LogP contribution in [-0.4, -0.2) is 73.2 Å². The van der Waals surface area contributed by atoms with Crippen molar-refractivity contribution >= 4 is 61.0 Å². The predicted octanol–water partition coefficient (Wildman–Crippen LogP) is 3.27. The summed E-state index contributed by atoms with van der Waals surface area (Å²) in [5.41, 5.74) is 0.540. The van der Waals surface area contributed by atoms with Crippen LogP contribution < -0.4 is 17.0 Å². The van der Waals surface area contributed by atoms with Crippen molar-refractivity contribution in [2.24, 2.45) is 5.16 Å². The molecule has 0 unspecified atom stereocenters. The maximum atomic E-state index is 14.4. The zero-order valence-electron chi connectivity index (χ0n) is 20.5. The first-order chi connectivity index (χ1) is 17.4. The van der Waals surface area contributed by atoms with Gasteiger partial charge in [-0.25, -0.2) is 4.79 Å². The Balaban J connectivity index is 0.00000400. The van der Waals surface area contributed by atoms with Crippen molar-refractivity contribution in [3.63, 3.8) is 0 Å². The Bertz CT molecular complexity index is 1500. The van der Waals surface area contributed by atoms with Gasteiger partial charge in [0.05, 0.1) is 32.6 Å². The van der Waals surface area contributed by atoms with E-state index >= 15 is 0 Å². The molecule has 0 saturated carbocycles. The number of hydrogen-bond acceptors (Lipinski definition) is 4. The van der Waals surface area contributed by atoms with Crippen molar-refractivity contribution in [1.29, 1.82) is 0 Å². The fourth-order valence-corrected chi connectivity index (χ4v) is 4.53. The molecule has 0 aliphatic carbocycles. The van der Waals surface area contributed by atoms with Gasteiger partial charge in [0.25, 0.3) is 0 Å². The van der Waals surface area contributed by atoms with Crippen molar-refractivity contribution in [3.8, 4) is 11.4 Å². The number of H-pyrrole nitrogens is 2. The van der Waals surface area contributed by atoms with Crippen LogP contribution in [0.1, 0.15) is 5.56 Å². The quantitative estimate of drug-likeness (QED) is 0.0987. The maximum absolute atomic E-state index is 14.4. The van der Waals surface area contributed by atoms with E-state index in [4.69, 9.17) is 16.4 Å². The molecule has 7 nitrogen and oxygen atoms in total. The Labute approximate surface area is 240 Å². The van der Waals surface area contributed by atoms with Crippen LogP contribution in [0.2, 0.25) is 5.02 Å². The Morgan fingerprint density at radius 2 is 1.84 bits per heavy atom. The summed E-state index contributed by atoms with van der Waals surface area (Å²) in [6, 6.07) is 11.9. The van der Waals surface area contributed by atoms with Gasteiger partial charge in [-0.15, -0.1) is 0 Å². The molecule has 0 fully saturated rings. The molecule has 0 atom stereocenters. The molecule has 0 radical (unpaired) electrons. The molecule has 2 heterocycles. The largest absolute Gasteiger partial charge is 1.00 e. The van der Waals surface area contributed by atoms with Gasteiger partial charge in [0.15, 0.2) is 18.9 Å². The Morgan fingerprint density at radius 3 is 2.53 bits per heavy atom. The molecular formula is C25H24Br2ClF3N4O3. The predicted molar refractivity (Wildman–Crippen MR) is 141 cm³/mol. The maximum Gasteiger partial charge on any atom is 0.437 e. The summed E-state index contributed by atoms with van der Waals surface area (Å²) in [6.07, 6.45) is -4.82. The lowest BCUT2D eigenvalue weighted by molar-refractivity contribution is -0.883. The molecule has 204 valence electrons. The van der Waals surface area contributed by atoms with Crippen LogP contribution in [0.25, 0.3) is 33.2 Å². The summed E-state index contributed by atoms with van der Waals surface area (Å²) in [6.45, 7) is 0.138. The molecule has 2 aromatic carbocycles. The number of likely N-dealkylation sites (N-methyl/N-ethyl adjacent to an activating group) is 1. The van der Waals surface area contributed by atoms with Crippen LogP contribution in [0, 0.1) is 0 Å². The van der Waals surface area contributed by atoms with E-state index in [0.29, 0.717) is 26.1 Å². The number of nitrogens with zero attached hydrogens (tertiary/aromatic N) is 2. The summed E-state index contributed by atoms with van der Waals surface area (Å²) >= 11 is 9.47. The Hall–Kier alpha value is -2.54. The molecule has 0 amide bonds. The second-order valence-corrected chi connectivity index (χ2v) is 10.5. The van der Waals surface area contributed by atoms with Crippen LogP contribution in [0.5, 0.6) is 0 Å². The van der Waals surface area contributed by atoms with Crippen LogP contribution >= 0.6 is 27.5 Å². The number of nitrogens with one attached hydrogen (secondary N) is 2. The first-order valence-electron chi connectivity index (χ1n) is 11.1. The van der Waals surface area contributed by atoms with Crippen LogP contribution in [0.15, 0.2) is 52.1 Å². The van der Waals surface area contributed by atoms with E-state index in [1.54, 1.807) is 56.6 Å². The van der Waals surface area contributed by atoms with Gasteiger partial charge in [-0.3, -0.25) is 0 Å². The number of alkyl halides is 3. The lowest BCUT2D eigenvalue weighted by Crippen LogP contribution is -3.00. The highest BCUT2D eigenvalue weighted by atomic mass is 79.9. The smallest absolute Gasteiger partial charge is 0.437 e. The lowest BCUT2D eigenvalue weighted by Gasteiger charge is -2.27. The summed E-state index contributed by atoms with van der Waals surface area (Å²) in [5.74, 6) is -0.432. The summed E-state index contributed by atoms with van der Waals surface area (Å²) in [4.78, 5) is 23.0. The molecule has 0 aliphatic heterocycles. The molecule has 2 N–H and O–H groups in total. The second kappa shape index (κ2) is 11.7. The number of methoxy groups -OCH3 is 1. The summed E-state index contributed by atoms with van der Waals surface area (Å²) in [7, 11) is 4.76. The topological polar surface area (TPSA) is 79.5 Å².